The van der Waals surface area contributed by atoms with E-state index in [1.807, 2.05) is 6.07 Å². The van der Waals surface area contributed by atoms with Crippen LogP contribution in [0.15, 0.2) is 30.3 Å². The number of hydrogen-bond donors (Lipinski definition) is 0. The van der Waals surface area contributed by atoms with E-state index in [2.05, 4.69) is 0 Å². The SMILES string of the molecule is CN1O[C@@H](c2ccccc2)C[C@H]1C(F)(F)F. The lowest BCUT2D eigenvalue weighted by molar-refractivity contribution is -0.232. The van der Waals surface area contributed by atoms with E-state index < -0.39 is 18.3 Å². The van der Waals surface area contributed by atoms with Gasteiger partial charge in [-0.25, -0.2) is 0 Å². The molecule has 1 aromatic carbocycles. The lowest BCUT2D eigenvalue weighted by Gasteiger charge is -2.19. The van der Waals surface area contributed by atoms with Gasteiger partial charge in [0.1, 0.15) is 12.1 Å². The Balaban J connectivity index is 2.13. The van der Waals surface area contributed by atoms with E-state index in [1.165, 1.54) is 7.05 Å². The van der Waals surface area contributed by atoms with Gasteiger partial charge in [-0.05, 0) is 5.56 Å². The average Bonchev–Trinajstić information content (AvgIpc) is 2.61. The highest BCUT2D eigenvalue weighted by atomic mass is 19.4. The Kier molecular flexibility index (Phi) is 2.90. The van der Waals surface area contributed by atoms with Crippen LogP contribution in [0.1, 0.15) is 18.1 Å². The molecule has 0 spiro atoms. The fourth-order valence-corrected chi connectivity index (χ4v) is 1.87. The molecule has 2 nitrogen and oxygen atoms in total. The molecule has 1 saturated heterocycles. The number of benzene rings is 1. The normalized spacial score (nSPS) is 27.2. The van der Waals surface area contributed by atoms with Gasteiger partial charge in [0.25, 0.3) is 0 Å². The lowest BCUT2D eigenvalue weighted by Crippen LogP contribution is -2.37. The first-order valence-electron chi connectivity index (χ1n) is 5.00. The number of hydrogen-bond acceptors (Lipinski definition) is 2. The predicted molar refractivity (Wildman–Crippen MR) is 52.5 cm³/mol. The van der Waals surface area contributed by atoms with Gasteiger partial charge in [-0.2, -0.15) is 18.2 Å². The van der Waals surface area contributed by atoms with Crippen molar-refractivity contribution in [2.75, 3.05) is 7.05 Å². The molecule has 88 valence electrons. The van der Waals surface area contributed by atoms with Gasteiger partial charge in [0.05, 0.1) is 0 Å². The van der Waals surface area contributed by atoms with Gasteiger partial charge in [0, 0.05) is 13.5 Å². The Bertz CT molecular complexity index is 352. The summed E-state index contributed by atoms with van der Waals surface area (Å²) in [6, 6.07) is 7.44. The summed E-state index contributed by atoms with van der Waals surface area (Å²) in [5, 5.41) is 0.900. The fourth-order valence-electron chi connectivity index (χ4n) is 1.87. The summed E-state index contributed by atoms with van der Waals surface area (Å²) in [6.45, 7) is 0. The number of nitrogens with zero attached hydrogens (tertiary/aromatic N) is 1. The molecule has 0 saturated carbocycles. The summed E-state index contributed by atoms with van der Waals surface area (Å²) < 4.78 is 37.7. The summed E-state index contributed by atoms with van der Waals surface area (Å²) in [6.07, 6.45) is -4.79. The maximum Gasteiger partial charge on any atom is 0.406 e. The van der Waals surface area contributed by atoms with Crippen LogP contribution >= 0.6 is 0 Å². The minimum absolute atomic E-state index is 0.0516. The van der Waals surface area contributed by atoms with Gasteiger partial charge in [0.15, 0.2) is 0 Å². The van der Waals surface area contributed by atoms with Gasteiger partial charge in [-0.3, -0.25) is 4.84 Å². The van der Waals surface area contributed by atoms with Gasteiger partial charge >= 0.3 is 6.18 Å². The summed E-state index contributed by atoms with van der Waals surface area (Å²) in [5.41, 5.74) is 0.779. The summed E-state index contributed by atoms with van der Waals surface area (Å²) in [5.74, 6) is 0. The van der Waals surface area contributed by atoms with Crippen LogP contribution in [0.2, 0.25) is 0 Å². The van der Waals surface area contributed by atoms with Gasteiger partial charge in [0.2, 0.25) is 0 Å². The topological polar surface area (TPSA) is 12.5 Å². The molecular weight excluding hydrogens is 219 g/mol. The number of alkyl halides is 3. The molecule has 1 aliphatic heterocycles. The third-order valence-electron chi connectivity index (χ3n) is 2.72. The van der Waals surface area contributed by atoms with Crippen molar-refractivity contribution in [1.29, 1.82) is 0 Å². The minimum Gasteiger partial charge on any atom is -0.291 e. The van der Waals surface area contributed by atoms with E-state index in [4.69, 9.17) is 4.84 Å². The summed E-state index contributed by atoms with van der Waals surface area (Å²) in [7, 11) is 1.32. The van der Waals surface area contributed by atoms with Crippen LogP contribution in [0, 0.1) is 0 Å². The van der Waals surface area contributed by atoms with Crippen molar-refractivity contribution >= 4 is 0 Å². The van der Waals surface area contributed by atoms with Crippen LogP contribution in [0.3, 0.4) is 0 Å². The Labute approximate surface area is 91.6 Å². The highest BCUT2D eigenvalue weighted by molar-refractivity contribution is 5.18. The highest BCUT2D eigenvalue weighted by Crippen LogP contribution is 2.39. The molecule has 0 aromatic heterocycles. The second kappa shape index (κ2) is 4.07. The first-order valence-corrected chi connectivity index (χ1v) is 5.00. The summed E-state index contributed by atoms with van der Waals surface area (Å²) >= 11 is 0. The Hall–Kier alpha value is -1.07. The monoisotopic (exact) mass is 231 g/mol. The maximum atomic E-state index is 12.6. The zero-order valence-electron chi connectivity index (χ0n) is 8.74. The molecular formula is C11H12F3NO. The largest absolute Gasteiger partial charge is 0.406 e. The molecule has 16 heavy (non-hydrogen) atoms. The number of rotatable bonds is 1. The van der Waals surface area contributed by atoms with Crippen LogP contribution in [0.25, 0.3) is 0 Å². The smallest absolute Gasteiger partial charge is 0.291 e. The highest BCUT2D eigenvalue weighted by Gasteiger charge is 2.49. The minimum atomic E-state index is -4.24. The second-order valence-electron chi connectivity index (χ2n) is 3.84. The summed E-state index contributed by atoms with van der Waals surface area (Å²) in [4.78, 5) is 5.20. The van der Waals surface area contributed by atoms with Crippen LogP contribution < -0.4 is 0 Å². The molecule has 0 bridgehead atoms. The lowest BCUT2D eigenvalue weighted by atomic mass is 10.0. The van der Waals surface area contributed by atoms with Crippen LogP contribution in [-0.2, 0) is 4.84 Å². The van der Waals surface area contributed by atoms with Gasteiger partial charge < -0.3 is 0 Å². The van der Waals surface area contributed by atoms with Crippen LogP contribution in [-0.4, -0.2) is 24.3 Å². The Morgan fingerprint density at radius 1 is 1.25 bits per heavy atom. The quantitative estimate of drug-likeness (QED) is 0.736. The van der Waals surface area contributed by atoms with Crippen molar-refractivity contribution in [2.24, 2.45) is 0 Å². The van der Waals surface area contributed by atoms with E-state index >= 15 is 0 Å². The molecule has 2 rings (SSSR count). The molecule has 0 amide bonds. The Morgan fingerprint density at radius 3 is 2.38 bits per heavy atom. The van der Waals surface area contributed by atoms with Crippen LogP contribution in [0.4, 0.5) is 13.2 Å². The molecule has 1 heterocycles. The third kappa shape index (κ3) is 2.20. The molecule has 0 unspecified atom stereocenters. The van der Waals surface area contributed by atoms with E-state index in [9.17, 15) is 13.2 Å². The van der Waals surface area contributed by atoms with Crippen molar-refractivity contribution < 1.29 is 18.0 Å². The average molecular weight is 231 g/mol. The van der Waals surface area contributed by atoms with E-state index in [0.717, 1.165) is 10.6 Å². The number of hydroxylamine groups is 2. The van der Waals surface area contributed by atoms with E-state index in [-0.39, 0.29) is 6.42 Å². The van der Waals surface area contributed by atoms with E-state index in [0.29, 0.717) is 0 Å². The Morgan fingerprint density at radius 2 is 1.88 bits per heavy atom. The van der Waals surface area contributed by atoms with Crippen molar-refractivity contribution in [2.45, 2.75) is 24.7 Å². The molecule has 1 fully saturated rings. The first kappa shape index (κ1) is 11.4. The van der Waals surface area contributed by atoms with Crippen molar-refractivity contribution in [3.05, 3.63) is 35.9 Å². The standard InChI is InChI=1S/C11H12F3NO/c1-15-10(11(12,13)14)7-9(16-15)8-5-3-2-4-6-8/h2-6,9-10H,7H2,1H3/t9-,10+/m1/s1. The van der Waals surface area contributed by atoms with E-state index in [1.54, 1.807) is 24.3 Å². The predicted octanol–water partition coefficient (Wildman–Crippen LogP) is 2.93. The van der Waals surface area contributed by atoms with Crippen molar-refractivity contribution in [3.63, 3.8) is 0 Å². The van der Waals surface area contributed by atoms with Crippen LogP contribution in [0.5, 0.6) is 0 Å². The zero-order valence-corrected chi connectivity index (χ0v) is 8.74. The molecule has 2 atom stereocenters. The molecule has 1 aromatic rings. The molecule has 0 N–H and O–H groups in total. The fraction of sp³-hybridized carbons (Fsp3) is 0.455. The van der Waals surface area contributed by atoms with Crippen molar-refractivity contribution in [3.8, 4) is 0 Å². The van der Waals surface area contributed by atoms with Gasteiger partial charge in [-0.15, -0.1) is 0 Å². The first-order chi connectivity index (χ1) is 7.48. The molecule has 1 aliphatic rings. The van der Waals surface area contributed by atoms with Gasteiger partial charge in [-0.1, -0.05) is 30.3 Å². The van der Waals surface area contributed by atoms with Crippen molar-refractivity contribution in [1.82, 2.24) is 5.06 Å². The zero-order chi connectivity index (χ0) is 11.8. The number of halogens is 3. The maximum absolute atomic E-state index is 12.6. The third-order valence-corrected chi connectivity index (χ3v) is 2.72. The molecule has 0 aliphatic carbocycles. The second-order valence-corrected chi connectivity index (χ2v) is 3.84. The molecule has 0 radical (unpaired) electrons. The molecule has 5 heteroatoms.